The van der Waals surface area contributed by atoms with Crippen LogP contribution in [0.5, 0.6) is 5.75 Å². The van der Waals surface area contributed by atoms with Crippen LogP contribution < -0.4 is 10.6 Å². The third kappa shape index (κ3) is 3.41. The van der Waals surface area contributed by atoms with Gasteiger partial charge in [-0.1, -0.05) is 35.9 Å². The molecule has 6 nitrogen and oxygen atoms in total. The van der Waals surface area contributed by atoms with E-state index >= 15 is 0 Å². The van der Waals surface area contributed by atoms with E-state index in [1.54, 1.807) is 36.4 Å². The van der Waals surface area contributed by atoms with E-state index in [9.17, 15) is 9.90 Å². The number of fused-ring (bicyclic) bond motifs is 3. The number of imidazole rings is 1. The number of aromatic hydroxyl groups is 1. The first-order chi connectivity index (χ1) is 15.0. The largest absolute Gasteiger partial charge is 0.508 e. The number of carbonyl (C=O) groups is 1. The highest BCUT2D eigenvalue weighted by Gasteiger charge is 2.34. The minimum Gasteiger partial charge on any atom is -0.508 e. The fourth-order valence-electron chi connectivity index (χ4n) is 3.96. The number of benzene rings is 3. The van der Waals surface area contributed by atoms with Crippen LogP contribution in [0.1, 0.15) is 18.5 Å². The van der Waals surface area contributed by atoms with Gasteiger partial charge in [-0.15, -0.1) is 0 Å². The third-order valence-corrected chi connectivity index (χ3v) is 5.64. The summed E-state index contributed by atoms with van der Waals surface area (Å²) in [5, 5.41) is 16.7. The van der Waals surface area contributed by atoms with Crippen molar-refractivity contribution in [2.24, 2.45) is 0 Å². The van der Waals surface area contributed by atoms with Crippen LogP contribution in [-0.2, 0) is 4.79 Å². The predicted molar refractivity (Wildman–Crippen MR) is 122 cm³/mol. The molecule has 31 heavy (non-hydrogen) atoms. The number of nitrogens with one attached hydrogen (secondary N) is 2. The Hall–Kier alpha value is -3.77. The fraction of sp³-hybridized carbons (Fsp3) is 0.0833. The molecule has 1 aliphatic heterocycles. The van der Waals surface area contributed by atoms with Gasteiger partial charge in [0.15, 0.2) is 0 Å². The molecule has 154 valence electrons. The van der Waals surface area contributed by atoms with Crippen LogP contribution in [-0.4, -0.2) is 20.6 Å². The number of amides is 1. The second-order valence-electron chi connectivity index (χ2n) is 7.41. The maximum Gasteiger partial charge on any atom is 0.255 e. The molecule has 1 aromatic heterocycles. The van der Waals surface area contributed by atoms with E-state index in [1.165, 1.54) is 0 Å². The lowest BCUT2D eigenvalue weighted by Gasteiger charge is -2.30. The summed E-state index contributed by atoms with van der Waals surface area (Å²) in [5.41, 5.74) is 4.54. The molecule has 0 unspecified atom stereocenters. The Morgan fingerprint density at radius 1 is 1.06 bits per heavy atom. The van der Waals surface area contributed by atoms with E-state index in [0.717, 1.165) is 16.6 Å². The number of allylic oxidation sites excluding steroid dienone is 1. The van der Waals surface area contributed by atoms with Crippen molar-refractivity contribution in [2.45, 2.75) is 13.0 Å². The lowest BCUT2D eigenvalue weighted by atomic mass is 9.94. The van der Waals surface area contributed by atoms with Gasteiger partial charge >= 0.3 is 0 Å². The number of hydrogen-bond donors (Lipinski definition) is 3. The molecule has 3 N–H and O–H groups in total. The van der Waals surface area contributed by atoms with Gasteiger partial charge in [-0.3, -0.25) is 9.36 Å². The van der Waals surface area contributed by atoms with Crippen molar-refractivity contribution in [3.8, 4) is 5.75 Å². The molecule has 2 heterocycles. The minimum atomic E-state index is -0.420. The third-order valence-electron chi connectivity index (χ3n) is 5.39. The Kier molecular flexibility index (Phi) is 4.64. The zero-order valence-corrected chi connectivity index (χ0v) is 17.4. The number of para-hydroxylation sites is 2. The molecule has 1 aliphatic rings. The van der Waals surface area contributed by atoms with Crippen molar-refractivity contribution < 1.29 is 9.90 Å². The first kappa shape index (κ1) is 19.2. The zero-order valence-electron chi connectivity index (χ0n) is 16.6. The number of nitrogens with zero attached hydrogens (tertiary/aromatic N) is 2. The Bertz CT molecular complexity index is 1320. The van der Waals surface area contributed by atoms with Gasteiger partial charge < -0.3 is 15.7 Å². The van der Waals surface area contributed by atoms with Gasteiger partial charge in [0.05, 0.1) is 22.6 Å². The summed E-state index contributed by atoms with van der Waals surface area (Å²) in [6.45, 7) is 1.87. The molecule has 0 bridgehead atoms. The molecule has 3 aromatic carbocycles. The van der Waals surface area contributed by atoms with Crippen LogP contribution in [0.2, 0.25) is 5.02 Å². The summed E-state index contributed by atoms with van der Waals surface area (Å²) in [7, 11) is 0. The lowest BCUT2D eigenvalue weighted by molar-refractivity contribution is -0.113. The molecule has 0 spiro atoms. The Balaban J connectivity index is 1.65. The van der Waals surface area contributed by atoms with E-state index in [1.807, 2.05) is 47.9 Å². The van der Waals surface area contributed by atoms with Crippen LogP contribution in [0.3, 0.4) is 0 Å². The second kappa shape index (κ2) is 7.49. The van der Waals surface area contributed by atoms with Crippen molar-refractivity contribution in [1.82, 2.24) is 9.55 Å². The van der Waals surface area contributed by atoms with Gasteiger partial charge in [0.25, 0.3) is 5.91 Å². The monoisotopic (exact) mass is 430 g/mol. The summed E-state index contributed by atoms with van der Waals surface area (Å²) in [4.78, 5) is 18.2. The fourth-order valence-corrected chi connectivity index (χ4v) is 4.09. The maximum absolute atomic E-state index is 13.5. The van der Waals surface area contributed by atoms with E-state index < -0.39 is 6.04 Å². The molecule has 4 aromatic rings. The van der Waals surface area contributed by atoms with Crippen molar-refractivity contribution in [3.63, 3.8) is 0 Å². The number of anilines is 2. The number of halogens is 1. The van der Waals surface area contributed by atoms with Gasteiger partial charge in [-0.2, -0.15) is 0 Å². The van der Waals surface area contributed by atoms with E-state index in [2.05, 4.69) is 10.6 Å². The van der Waals surface area contributed by atoms with Gasteiger partial charge in [-0.05, 0) is 61.0 Å². The highest BCUT2D eigenvalue weighted by Crippen LogP contribution is 2.39. The SMILES string of the molecule is CC1=C(C(=O)Nc2ccc(Cl)cc2)[C@H](c2ccc(O)cc2)n2c(nc3ccccc32)N1. The van der Waals surface area contributed by atoms with Crippen LogP contribution in [0.25, 0.3) is 11.0 Å². The van der Waals surface area contributed by atoms with E-state index in [4.69, 9.17) is 16.6 Å². The highest BCUT2D eigenvalue weighted by atomic mass is 35.5. The van der Waals surface area contributed by atoms with Crippen LogP contribution in [0.15, 0.2) is 84.1 Å². The van der Waals surface area contributed by atoms with E-state index in [-0.39, 0.29) is 11.7 Å². The standard InChI is InChI=1S/C24H19ClN4O2/c1-14-21(23(31)27-17-10-8-16(25)9-11-17)22(15-6-12-18(30)13-7-15)29-20-5-3-2-4-19(20)28-24(29)26-14/h2-13,22,30H,1H3,(H,26,28)(H,27,31)/t22-/m0/s1. The van der Waals surface area contributed by atoms with E-state index in [0.29, 0.717) is 27.9 Å². The topological polar surface area (TPSA) is 79.2 Å². The molecule has 0 saturated carbocycles. The quantitative estimate of drug-likeness (QED) is 0.411. The summed E-state index contributed by atoms with van der Waals surface area (Å²) in [5.74, 6) is 0.606. The number of aromatic nitrogens is 2. The van der Waals surface area contributed by atoms with Crippen LogP contribution in [0, 0.1) is 0 Å². The first-order valence-electron chi connectivity index (χ1n) is 9.82. The molecule has 0 saturated heterocycles. The smallest absolute Gasteiger partial charge is 0.255 e. The van der Waals surface area contributed by atoms with Crippen LogP contribution in [0.4, 0.5) is 11.6 Å². The molecule has 1 atom stereocenters. The average molecular weight is 431 g/mol. The number of rotatable bonds is 3. The van der Waals surface area contributed by atoms with Crippen molar-refractivity contribution in [3.05, 3.63) is 94.7 Å². The Morgan fingerprint density at radius 2 is 1.77 bits per heavy atom. The molecular weight excluding hydrogens is 412 g/mol. The Morgan fingerprint density at radius 3 is 2.52 bits per heavy atom. The normalized spacial score (nSPS) is 15.5. The average Bonchev–Trinajstić information content (AvgIpc) is 3.13. The lowest BCUT2D eigenvalue weighted by Crippen LogP contribution is -2.30. The highest BCUT2D eigenvalue weighted by molar-refractivity contribution is 6.30. The number of phenolic OH excluding ortho intramolecular Hbond substituents is 1. The predicted octanol–water partition coefficient (Wildman–Crippen LogP) is 5.32. The summed E-state index contributed by atoms with van der Waals surface area (Å²) in [6, 6.07) is 21.3. The second-order valence-corrected chi connectivity index (χ2v) is 7.85. The van der Waals surface area contributed by atoms with Gasteiger partial charge in [-0.25, -0.2) is 4.98 Å². The van der Waals surface area contributed by atoms with Crippen LogP contribution >= 0.6 is 11.6 Å². The molecule has 0 radical (unpaired) electrons. The van der Waals surface area contributed by atoms with Gasteiger partial charge in [0.1, 0.15) is 5.75 Å². The minimum absolute atomic E-state index is 0.168. The van der Waals surface area contributed by atoms with Gasteiger partial charge in [0, 0.05) is 16.4 Å². The Labute approximate surface area is 183 Å². The zero-order chi connectivity index (χ0) is 21.5. The number of hydrogen-bond acceptors (Lipinski definition) is 4. The molecule has 0 aliphatic carbocycles. The number of carbonyl (C=O) groups excluding carboxylic acids is 1. The first-order valence-corrected chi connectivity index (χ1v) is 10.2. The number of phenols is 1. The van der Waals surface area contributed by atoms with Gasteiger partial charge in [0.2, 0.25) is 5.95 Å². The molecule has 0 fully saturated rings. The van der Waals surface area contributed by atoms with Crippen molar-refractivity contribution in [1.29, 1.82) is 0 Å². The van der Waals surface area contributed by atoms with Crippen molar-refractivity contribution >= 4 is 40.2 Å². The molecular formula is C24H19ClN4O2. The molecule has 7 heteroatoms. The molecule has 1 amide bonds. The summed E-state index contributed by atoms with van der Waals surface area (Å²) < 4.78 is 2.02. The maximum atomic E-state index is 13.5. The summed E-state index contributed by atoms with van der Waals surface area (Å²) >= 11 is 5.97. The summed E-state index contributed by atoms with van der Waals surface area (Å²) in [6.07, 6.45) is 0. The van der Waals surface area contributed by atoms with Crippen molar-refractivity contribution in [2.75, 3.05) is 10.6 Å². The molecule has 5 rings (SSSR count).